The molecule has 2 atom stereocenters. The molecule has 0 aliphatic heterocycles. The van der Waals surface area contributed by atoms with Crippen LogP contribution in [-0.2, 0) is 0 Å². The number of hydrogen-bond donors (Lipinski definition) is 3. The van der Waals surface area contributed by atoms with Crippen LogP contribution in [0.5, 0.6) is 0 Å². The van der Waals surface area contributed by atoms with Crippen LogP contribution in [0, 0.1) is 5.92 Å². The minimum atomic E-state index is 0.537. The Hall–Kier alpha value is 0.725. The van der Waals surface area contributed by atoms with E-state index in [4.69, 9.17) is 5.73 Å². The number of hydrogen-bond acceptors (Lipinski definition) is 3. The quantitative estimate of drug-likeness (QED) is 0.444. The lowest BCUT2D eigenvalue weighted by atomic mass is 9.39. The van der Waals surface area contributed by atoms with Gasteiger partial charge in [-0.1, -0.05) is 32.5 Å². The number of thiol groups is 2. The van der Waals surface area contributed by atoms with Gasteiger partial charge in [0.1, 0.15) is 0 Å². The van der Waals surface area contributed by atoms with Gasteiger partial charge in [0.05, 0.1) is 0 Å². The summed E-state index contributed by atoms with van der Waals surface area (Å²) in [4.78, 5) is 0. The predicted molar refractivity (Wildman–Crippen MR) is 70.5 cm³/mol. The first-order valence-corrected chi connectivity index (χ1v) is 6.37. The first-order chi connectivity index (χ1) is 6.19. The van der Waals surface area contributed by atoms with Crippen molar-refractivity contribution in [1.82, 2.24) is 0 Å². The van der Waals surface area contributed by atoms with Crippen molar-refractivity contribution in [1.29, 1.82) is 0 Å². The van der Waals surface area contributed by atoms with E-state index >= 15 is 0 Å². The number of nitrogens with two attached hydrogens (primary N) is 1. The van der Waals surface area contributed by atoms with E-state index in [9.17, 15) is 0 Å². The van der Waals surface area contributed by atoms with E-state index < -0.39 is 0 Å². The van der Waals surface area contributed by atoms with Crippen molar-refractivity contribution in [3.05, 3.63) is 0 Å². The Morgan fingerprint density at radius 3 is 2.31 bits per heavy atom. The fraction of sp³-hybridized carbons (Fsp3) is 1.00. The summed E-state index contributed by atoms with van der Waals surface area (Å²) in [6, 6.07) is 0. The minimum Gasteiger partial charge on any atom is -0.331 e. The fourth-order valence-corrected chi connectivity index (χ4v) is 2.41. The van der Waals surface area contributed by atoms with Crippen LogP contribution in [0.1, 0.15) is 20.3 Å². The van der Waals surface area contributed by atoms with Gasteiger partial charge in [0.2, 0.25) is 0 Å². The molecular weight excluding hydrogens is 197 g/mol. The molecule has 4 heteroatoms. The van der Waals surface area contributed by atoms with Crippen molar-refractivity contribution in [2.24, 2.45) is 11.7 Å². The van der Waals surface area contributed by atoms with Crippen LogP contribution in [0.4, 0.5) is 0 Å². The Balaban J connectivity index is 3.98. The van der Waals surface area contributed by atoms with E-state index in [0.717, 1.165) is 23.9 Å². The molecule has 0 radical (unpaired) electrons. The Bertz CT molecular complexity index is 120. The molecule has 2 N–H and O–H groups in total. The summed E-state index contributed by atoms with van der Waals surface area (Å²) in [7, 11) is 0. The highest BCUT2D eigenvalue weighted by atomic mass is 32.1. The zero-order valence-corrected chi connectivity index (χ0v) is 10.5. The standard InChI is InChI=1S/C9H22BNS2/c1-3-8(2)4-10(7-13)9(5-11)6-12/h8-9,12-13H,3-7,11H2,1-2H3. The summed E-state index contributed by atoms with van der Waals surface area (Å²) in [5, 5.41) is 0. The molecule has 0 aromatic heterocycles. The molecule has 0 rings (SSSR count). The summed E-state index contributed by atoms with van der Waals surface area (Å²) < 4.78 is 0. The molecule has 0 bridgehead atoms. The molecule has 0 amide bonds. The van der Waals surface area contributed by atoms with Gasteiger partial charge < -0.3 is 5.73 Å². The maximum atomic E-state index is 5.69. The molecule has 0 aromatic rings. The van der Waals surface area contributed by atoms with E-state index in [2.05, 4.69) is 39.1 Å². The van der Waals surface area contributed by atoms with Gasteiger partial charge in [-0.05, 0) is 23.8 Å². The SMILES string of the molecule is CCC(C)CB(CS)C(CN)CS. The van der Waals surface area contributed by atoms with Gasteiger partial charge in [-0.25, -0.2) is 0 Å². The van der Waals surface area contributed by atoms with Gasteiger partial charge in [-0.2, -0.15) is 25.3 Å². The van der Waals surface area contributed by atoms with Crippen molar-refractivity contribution in [3.8, 4) is 0 Å². The van der Waals surface area contributed by atoms with Crippen molar-refractivity contribution in [2.75, 3.05) is 17.9 Å². The molecule has 2 unspecified atom stereocenters. The average molecular weight is 219 g/mol. The van der Waals surface area contributed by atoms with Crippen molar-refractivity contribution in [2.45, 2.75) is 32.4 Å². The second-order valence-electron chi connectivity index (χ2n) is 3.87. The Morgan fingerprint density at radius 1 is 1.38 bits per heavy atom. The highest BCUT2D eigenvalue weighted by Gasteiger charge is 2.23. The normalized spacial score (nSPS) is 15.5. The molecule has 0 aliphatic carbocycles. The summed E-state index contributed by atoms with van der Waals surface area (Å²) >= 11 is 8.71. The molecule has 0 aromatic carbocycles. The molecule has 0 heterocycles. The Morgan fingerprint density at radius 2 is 2.00 bits per heavy atom. The number of rotatable bonds is 7. The molecule has 0 saturated heterocycles. The van der Waals surface area contributed by atoms with Gasteiger partial charge in [0.25, 0.3) is 0 Å². The summed E-state index contributed by atoms with van der Waals surface area (Å²) in [5.41, 5.74) is 6.63. The Kier molecular flexibility index (Phi) is 8.52. The summed E-state index contributed by atoms with van der Waals surface area (Å²) in [6.07, 6.45) is 2.48. The Labute approximate surface area is 94.1 Å². The van der Waals surface area contributed by atoms with Crippen LogP contribution < -0.4 is 5.73 Å². The predicted octanol–water partition coefficient (Wildman–Crippen LogP) is 2.26. The second kappa shape index (κ2) is 8.07. The van der Waals surface area contributed by atoms with Gasteiger partial charge >= 0.3 is 0 Å². The van der Waals surface area contributed by atoms with Crippen LogP contribution >= 0.6 is 25.3 Å². The maximum absolute atomic E-state index is 5.69. The van der Waals surface area contributed by atoms with Gasteiger partial charge in [-0.3, -0.25) is 0 Å². The molecule has 78 valence electrons. The van der Waals surface area contributed by atoms with Crippen molar-refractivity contribution >= 4 is 32.0 Å². The summed E-state index contributed by atoms with van der Waals surface area (Å²) in [6.45, 7) is 5.91. The zero-order valence-electron chi connectivity index (χ0n) is 8.74. The average Bonchev–Trinajstić information content (AvgIpc) is 2.17. The summed E-state index contributed by atoms with van der Waals surface area (Å²) in [5.74, 6) is 2.21. The lowest BCUT2D eigenvalue weighted by Crippen LogP contribution is -2.31. The molecular formula is C9H22BNS2. The van der Waals surface area contributed by atoms with Crippen LogP contribution in [0.25, 0.3) is 0 Å². The molecule has 0 aliphatic rings. The second-order valence-corrected chi connectivity index (χ2v) is 4.60. The molecule has 1 nitrogen and oxygen atoms in total. The van der Waals surface area contributed by atoms with E-state index in [1.165, 1.54) is 12.7 Å². The molecule has 0 spiro atoms. The topological polar surface area (TPSA) is 26.0 Å². The third-order valence-corrected chi connectivity index (χ3v) is 3.78. The largest absolute Gasteiger partial charge is 0.331 e. The first-order valence-electron chi connectivity index (χ1n) is 5.11. The van der Waals surface area contributed by atoms with E-state index in [1.807, 2.05) is 0 Å². The van der Waals surface area contributed by atoms with E-state index in [-0.39, 0.29) is 0 Å². The highest BCUT2D eigenvalue weighted by Crippen LogP contribution is 2.21. The van der Waals surface area contributed by atoms with E-state index in [1.54, 1.807) is 0 Å². The monoisotopic (exact) mass is 219 g/mol. The van der Waals surface area contributed by atoms with Gasteiger partial charge in [0.15, 0.2) is 6.71 Å². The van der Waals surface area contributed by atoms with Gasteiger partial charge in [-0.15, -0.1) is 0 Å². The van der Waals surface area contributed by atoms with Crippen molar-refractivity contribution < 1.29 is 0 Å². The maximum Gasteiger partial charge on any atom is 0.156 e. The van der Waals surface area contributed by atoms with Gasteiger partial charge in [0, 0.05) is 0 Å². The molecule has 0 fully saturated rings. The molecule has 13 heavy (non-hydrogen) atoms. The van der Waals surface area contributed by atoms with Crippen LogP contribution in [-0.4, -0.2) is 24.7 Å². The fourth-order valence-electron chi connectivity index (χ4n) is 1.52. The third-order valence-electron chi connectivity index (χ3n) is 2.84. The smallest absolute Gasteiger partial charge is 0.156 e. The van der Waals surface area contributed by atoms with Crippen LogP contribution in [0.2, 0.25) is 12.1 Å². The first kappa shape index (κ1) is 13.7. The van der Waals surface area contributed by atoms with Crippen molar-refractivity contribution in [3.63, 3.8) is 0 Å². The minimum absolute atomic E-state index is 0.537. The highest BCUT2D eigenvalue weighted by molar-refractivity contribution is 7.82. The lowest BCUT2D eigenvalue weighted by Gasteiger charge is -2.22. The van der Waals surface area contributed by atoms with Crippen LogP contribution in [0.15, 0.2) is 0 Å². The van der Waals surface area contributed by atoms with Crippen LogP contribution in [0.3, 0.4) is 0 Å². The molecule has 0 saturated carbocycles. The zero-order chi connectivity index (χ0) is 10.3. The van der Waals surface area contributed by atoms with E-state index in [0.29, 0.717) is 12.5 Å². The third kappa shape index (κ3) is 5.23. The lowest BCUT2D eigenvalue weighted by molar-refractivity contribution is 0.614.